The SMILES string of the molecule is CN(C)C(=O)C1CCN(C(=O)CC(N)CC(C)(C)C)CC1. The monoisotopic (exact) mass is 297 g/mol. The summed E-state index contributed by atoms with van der Waals surface area (Å²) < 4.78 is 0. The Labute approximate surface area is 128 Å². The van der Waals surface area contributed by atoms with Crippen LogP contribution in [-0.2, 0) is 9.59 Å². The highest BCUT2D eigenvalue weighted by Crippen LogP contribution is 2.23. The number of hydrogen-bond donors (Lipinski definition) is 1. The van der Waals surface area contributed by atoms with Crippen molar-refractivity contribution in [1.82, 2.24) is 9.80 Å². The Morgan fingerprint density at radius 2 is 1.76 bits per heavy atom. The van der Waals surface area contributed by atoms with Gasteiger partial charge in [0.2, 0.25) is 11.8 Å². The Kier molecular flexibility index (Phi) is 6.20. The zero-order valence-electron chi connectivity index (χ0n) is 14.2. The third-order valence-corrected chi connectivity index (χ3v) is 3.95. The third kappa shape index (κ3) is 6.04. The van der Waals surface area contributed by atoms with Gasteiger partial charge in [0.1, 0.15) is 0 Å². The molecule has 0 aromatic carbocycles. The summed E-state index contributed by atoms with van der Waals surface area (Å²) in [5.41, 5.74) is 6.22. The molecule has 2 N–H and O–H groups in total. The second kappa shape index (κ2) is 7.25. The van der Waals surface area contributed by atoms with E-state index in [1.165, 1.54) is 0 Å². The molecule has 1 aliphatic heterocycles. The Balaban J connectivity index is 2.40. The molecule has 2 amide bonds. The lowest BCUT2D eigenvalue weighted by Gasteiger charge is -2.33. The van der Waals surface area contributed by atoms with Crippen LogP contribution in [0.2, 0.25) is 0 Å². The summed E-state index contributed by atoms with van der Waals surface area (Å²) in [5, 5.41) is 0. The van der Waals surface area contributed by atoms with Crippen molar-refractivity contribution in [2.24, 2.45) is 17.1 Å². The largest absolute Gasteiger partial charge is 0.349 e. The first-order valence-corrected chi connectivity index (χ1v) is 7.84. The molecular formula is C16H31N3O2. The van der Waals surface area contributed by atoms with Gasteiger partial charge in [-0.1, -0.05) is 20.8 Å². The van der Waals surface area contributed by atoms with E-state index in [0.29, 0.717) is 19.5 Å². The Hall–Kier alpha value is -1.10. The lowest BCUT2D eigenvalue weighted by molar-refractivity contribution is -0.139. The molecule has 122 valence electrons. The summed E-state index contributed by atoms with van der Waals surface area (Å²) in [6.45, 7) is 7.75. The summed E-state index contributed by atoms with van der Waals surface area (Å²) in [6.07, 6.45) is 2.77. The minimum Gasteiger partial charge on any atom is -0.349 e. The fourth-order valence-corrected chi connectivity index (χ4v) is 2.95. The van der Waals surface area contributed by atoms with Crippen molar-refractivity contribution >= 4 is 11.8 Å². The maximum atomic E-state index is 12.3. The molecule has 0 aromatic rings. The smallest absolute Gasteiger partial charge is 0.225 e. The van der Waals surface area contributed by atoms with Gasteiger partial charge >= 0.3 is 0 Å². The number of nitrogens with two attached hydrogens (primary N) is 1. The van der Waals surface area contributed by atoms with E-state index in [0.717, 1.165) is 19.3 Å². The lowest BCUT2D eigenvalue weighted by atomic mass is 9.87. The summed E-state index contributed by atoms with van der Waals surface area (Å²) in [6, 6.07) is -0.0846. The number of piperidine rings is 1. The Morgan fingerprint density at radius 3 is 2.19 bits per heavy atom. The first-order chi connectivity index (χ1) is 9.60. The molecule has 0 saturated carbocycles. The molecular weight excluding hydrogens is 266 g/mol. The van der Waals surface area contributed by atoms with Gasteiger partial charge in [0.25, 0.3) is 0 Å². The molecule has 5 heteroatoms. The molecule has 0 bridgehead atoms. The molecule has 1 atom stereocenters. The van der Waals surface area contributed by atoms with E-state index in [9.17, 15) is 9.59 Å². The van der Waals surface area contributed by atoms with Crippen LogP contribution in [0.4, 0.5) is 0 Å². The molecule has 1 rings (SSSR count). The number of carbonyl (C=O) groups is 2. The van der Waals surface area contributed by atoms with E-state index < -0.39 is 0 Å². The van der Waals surface area contributed by atoms with Gasteiger partial charge in [0, 0.05) is 45.6 Å². The van der Waals surface area contributed by atoms with Gasteiger partial charge in [-0.15, -0.1) is 0 Å². The standard InChI is InChI=1S/C16H31N3O2/c1-16(2,3)11-13(17)10-14(20)19-8-6-12(7-9-19)15(21)18(4)5/h12-13H,6-11,17H2,1-5H3. The quantitative estimate of drug-likeness (QED) is 0.854. The summed E-state index contributed by atoms with van der Waals surface area (Å²) >= 11 is 0. The number of likely N-dealkylation sites (tertiary alicyclic amines) is 1. The van der Waals surface area contributed by atoms with Crippen LogP contribution in [-0.4, -0.2) is 54.8 Å². The number of hydrogen-bond acceptors (Lipinski definition) is 3. The van der Waals surface area contributed by atoms with Crippen molar-refractivity contribution in [3.05, 3.63) is 0 Å². The minimum absolute atomic E-state index is 0.0623. The maximum absolute atomic E-state index is 12.3. The average molecular weight is 297 g/mol. The van der Waals surface area contributed by atoms with Crippen molar-refractivity contribution < 1.29 is 9.59 Å². The molecule has 1 aliphatic rings. The first-order valence-electron chi connectivity index (χ1n) is 7.84. The van der Waals surface area contributed by atoms with Crippen LogP contribution in [0.15, 0.2) is 0 Å². The molecule has 0 spiro atoms. The molecule has 0 aromatic heterocycles. The van der Waals surface area contributed by atoms with Crippen molar-refractivity contribution in [2.75, 3.05) is 27.2 Å². The van der Waals surface area contributed by atoms with Crippen LogP contribution in [0.25, 0.3) is 0 Å². The van der Waals surface area contributed by atoms with Gasteiger partial charge in [-0.05, 0) is 24.7 Å². The minimum atomic E-state index is -0.0846. The summed E-state index contributed by atoms with van der Waals surface area (Å²) in [5.74, 6) is 0.362. The van der Waals surface area contributed by atoms with Crippen LogP contribution < -0.4 is 5.73 Å². The van der Waals surface area contributed by atoms with Crippen molar-refractivity contribution in [2.45, 2.75) is 52.5 Å². The predicted octanol–water partition coefficient (Wildman–Crippen LogP) is 1.47. The van der Waals surface area contributed by atoms with Gasteiger partial charge in [-0.25, -0.2) is 0 Å². The number of amides is 2. The van der Waals surface area contributed by atoms with Crippen LogP contribution in [0.5, 0.6) is 0 Å². The average Bonchev–Trinajstić information content (AvgIpc) is 2.35. The predicted molar refractivity (Wildman–Crippen MR) is 84.7 cm³/mol. The second-order valence-corrected chi connectivity index (χ2v) is 7.62. The molecule has 21 heavy (non-hydrogen) atoms. The second-order valence-electron chi connectivity index (χ2n) is 7.62. The van der Waals surface area contributed by atoms with Crippen LogP contribution in [0, 0.1) is 11.3 Å². The van der Waals surface area contributed by atoms with E-state index in [1.54, 1.807) is 19.0 Å². The van der Waals surface area contributed by atoms with Crippen LogP contribution >= 0.6 is 0 Å². The lowest BCUT2D eigenvalue weighted by Crippen LogP contribution is -2.44. The number of rotatable bonds is 4. The van der Waals surface area contributed by atoms with E-state index >= 15 is 0 Å². The fraction of sp³-hybridized carbons (Fsp3) is 0.875. The molecule has 1 unspecified atom stereocenters. The van der Waals surface area contributed by atoms with Gasteiger partial charge in [-0.3, -0.25) is 9.59 Å². The molecule has 0 radical (unpaired) electrons. The summed E-state index contributed by atoms with van der Waals surface area (Å²) in [7, 11) is 3.57. The number of nitrogens with zero attached hydrogens (tertiary/aromatic N) is 2. The molecule has 1 fully saturated rings. The summed E-state index contributed by atoms with van der Waals surface area (Å²) in [4.78, 5) is 27.7. The van der Waals surface area contributed by atoms with Gasteiger partial charge < -0.3 is 15.5 Å². The van der Waals surface area contributed by atoms with Crippen molar-refractivity contribution in [3.63, 3.8) is 0 Å². The van der Waals surface area contributed by atoms with E-state index in [1.807, 2.05) is 4.90 Å². The van der Waals surface area contributed by atoms with Crippen molar-refractivity contribution in [3.8, 4) is 0 Å². The highest BCUT2D eigenvalue weighted by molar-refractivity contribution is 5.80. The first kappa shape index (κ1) is 18.0. The topological polar surface area (TPSA) is 66.6 Å². The van der Waals surface area contributed by atoms with Gasteiger partial charge in [-0.2, -0.15) is 0 Å². The third-order valence-electron chi connectivity index (χ3n) is 3.95. The van der Waals surface area contributed by atoms with Crippen LogP contribution in [0.3, 0.4) is 0 Å². The van der Waals surface area contributed by atoms with Crippen LogP contribution in [0.1, 0.15) is 46.5 Å². The zero-order valence-corrected chi connectivity index (χ0v) is 14.2. The van der Waals surface area contributed by atoms with Gasteiger partial charge in [0.05, 0.1) is 0 Å². The van der Waals surface area contributed by atoms with Gasteiger partial charge in [0.15, 0.2) is 0 Å². The number of carbonyl (C=O) groups excluding carboxylic acids is 2. The molecule has 0 aliphatic carbocycles. The zero-order chi connectivity index (χ0) is 16.2. The normalized spacial score (nSPS) is 18.5. The Morgan fingerprint density at radius 1 is 1.24 bits per heavy atom. The Bertz CT molecular complexity index is 366. The molecule has 5 nitrogen and oxygen atoms in total. The maximum Gasteiger partial charge on any atom is 0.225 e. The van der Waals surface area contributed by atoms with E-state index in [4.69, 9.17) is 5.73 Å². The molecule has 1 saturated heterocycles. The highest BCUT2D eigenvalue weighted by atomic mass is 16.2. The van der Waals surface area contributed by atoms with E-state index in [2.05, 4.69) is 20.8 Å². The van der Waals surface area contributed by atoms with E-state index in [-0.39, 0.29) is 29.2 Å². The molecule has 1 heterocycles. The fourth-order valence-electron chi connectivity index (χ4n) is 2.95. The van der Waals surface area contributed by atoms with Crippen molar-refractivity contribution in [1.29, 1.82) is 0 Å². The highest BCUT2D eigenvalue weighted by Gasteiger charge is 2.29.